The van der Waals surface area contributed by atoms with Gasteiger partial charge in [-0.2, -0.15) is 0 Å². The van der Waals surface area contributed by atoms with Crippen LogP contribution in [0.1, 0.15) is 0 Å². The van der Waals surface area contributed by atoms with Crippen molar-refractivity contribution in [2.24, 2.45) is 0 Å². The molecule has 0 aromatic heterocycles. The summed E-state index contributed by atoms with van der Waals surface area (Å²) in [6.45, 7) is 0. The zero-order valence-corrected chi connectivity index (χ0v) is 13.4. The lowest BCUT2D eigenvalue weighted by Gasteiger charge is -2.10. The Morgan fingerprint density at radius 2 is 1.79 bits per heavy atom. The summed E-state index contributed by atoms with van der Waals surface area (Å²) in [6.07, 6.45) is 0. The summed E-state index contributed by atoms with van der Waals surface area (Å²) >= 11 is 6.32. The molecule has 0 unspecified atom stereocenters. The van der Waals surface area contributed by atoms with Gasteiger partial charge in [0.15, 0.2) is 0 Å². The quantitative estimate of drug-likeness (QED) is 0.828. The minimum absolute atomic E-state index is 0.123. The maximum atomic E-state index is 12.9. The predicted octanol–water partition coefficient (Wildman–Crippen LogP) is 4.15. The van der Waals surface area contributed by atoms with Gasteiger partial charge in [-0.05, 0) is 52.3 Å². The molecule has 0 aliphatic carbocycles. The minimum Gasteiger partial charge on any atom is -0.278 e. The first-order chi connectivity index (χ1) is 8.88. The van der Waals surface area contributed by atoms with Crippen molar-refractivity contribution >= 4 is 47.6 Å². The average Bonchev–Trinajstić information content (AvgIpc) is 2.33. The molecule has 1 N–H and O–H groups in total. The van der Waals surface area contributed by atoms with E-state index < -0.39 is 15.8 Å². The van der Waals surface area contributed by atoms with E-state index in [2.05, 4.69) is 36.6 Å². The Balaban J connectivity index is 2.36. The van der Waals surface area contributed by atoms with Gasteiger partial charge in [0.05, 0.1) is 10.6 Å². The third-order valence-electron chi connectivity index (χ3n) is 2.28. The van der Waals surface area contributed by atoms with Crippen LogP contribution in [0.15, 0.2) is 56.3 Å². The van der Waals surface area contributed by atoms with Crippen LogP contribution >= 0.6 is 31.9 Å². The molecule has 19 heavy (non-hydrogen) atoms. The summed E-state index contributed by atoms with van der Waals surface area (Å²) in [5, 5.41) is 0. The van der Waals surface area contributed by atoms with Gasteiger partial charge in [-0.1, -0.05) is 22.0 Å². The van der Waals surface area contributed by atoms with Gasteiger partial charge in [-0.15, -0.1) is 0 Å². The van der Waals surface area contributed by atoms with Crippen LogP contribution in [0.3, 0.4) is 0 Å². The Bertz CT molecular complexity index is 719. The van der Waals surface area contributed by atoms with Gasteiger partial charge in [0.25, 0.3) is 10.0 Å². The Hall–Kier alpha value is -0.920. The Morgan fingerprint density at radius 1 is 1.05 bits per heavy atom. The first kappa shape index (κ1) is 14.5. The van der Waals surface area contributed by atoms with E-state index in [4.69, 9.17) is 0 Å². The normalized spacial score (nSPS) is 11.3. The summed E-state index contributed by atoms with van der Waals surface area (Å²) in [5.41, 5.74) is 0.279. The number of benzene rings is 2. The molecule has 0 saturated heterocycles. The van der Waals surface area contributed by atoms with Crippen LogP contribution in [0.25, 0.3) is 0 Å². The lowest BCUT2D eigenvalue weighted by molar-refractivity contribution is 0.601. The second-order valence-corrected chi connectivity index (χ2v) is 7.14. The first-order valence-corrected chi connectivity index (χ1v) is 8.19. The molecular weight excluding hydrogens is 401 g/mol. The van der Waals surface area contributed by atoms with Crippen LogP contribution in [0.2, 0.25) is 0 Å². The molecule has 0 atom stereocenters. The highest BCUT2D eigenvalue weighted by Crippen LogP contribution is 2.26. The molecule has 0 heterocycles. The van der Waals surface area contributed by atoms with Crippen LogP contribution in [0.4, 0.5) is 10.1 Å². The van der Waals surface area contributed by atoms with Gasteiger partial charge in [0.1, 0.15) is 5.82 Å². The van der Waals surface area contributed by atoms with Gasteiger partial charge in [-0.25, -0.2) is 12.8 Å². The molecule has 0 aliphatic rings. The van der Waals surface area contributed by atoms with Crippen molar-refractivity contribution in [3.05, 3.63) is 57.2 Å². The maximum absolute atomic E-state index is 12.9. The van der Waals surface area contributed by atoms with Gasteiger partial charge >= 0.3 is 0 Å². The van der Waals surface area contributed by atoms with Gasteiger partial charge in [-0.3, -0.25) is 4.72 Å². The van der Waals surface area contributed by atoms with Gasteiger partial charge in [0, 0.05) is 8.95 Å². The number of halogens is 3. The van der Waals surface area contributed by atoms with E-state index in [-0.39, 0.29) is 10.6 Å². The average molecular weight is 409 g/mol. The zero-order valence-electron chi connectivity index (χ0n) is 9.40. The fraction of sp³-hybridized carbons (Fsp3) is 0. The monoisotopic (exact) mass is 407 g/mol. The second-order valence-electron chi connectivity index (χ2n) is 3.69. The van der Waals surface area contributed by atoms with Crippen molar-refractivity contribution in [3.63, 3.8) is 0 Å². The van der Waals surface area contributed by atoms with Crippen molar-refractivity contribution < 1.29 is 12.8 Å². The third kappa shape index (κ3) is 3.55. The summed E-state index contributed by atoms with van der Waals surface area (Å²) < 4.78 is 40.6. The fourth-order valence-electron chi connectivity index (χ4n) is 1.41. The highest BCUT2D eigenvalue weighted by atomic mass is 79.9. The molecule has 0 aliphatic heterocycles. The highest BCUT2D eigenvalue weighted by molar-refractivity contribution is 9.10. The Labute approximate surface area is 127 Å². The summed E-state index contributed by atoms with van der Waals surface area (Å²) in [5.74, 6) is -0.447. The number of anilines is 1. The van der Waals surface area contributed by atoms with Crippen LogP contribution in [0, 0.1) is 5.82 Å². The lowest BCUT2D eigenvalue weighted by Crippen LogP contribution is -2.13. The van der Waals surface area contributed by atoms with E-state index in [0.717, 1.165) is 0 Å². The van der Waals surface area contributed by atoms with Crippen LogP contribution in [-0.4, -0.2) is 8.42 Å². The van der Waals surface area contributed by atoms with Crippen LogP contribution < -0.4 is 4.72 Å². The smallest absolute Gasteiger partial charge is 0.261 e. The molecule has 100 valence electrons. The van der Waals surface area contributed by atoms with E-state index in [0.29, 0.717) is 8.95 Å². The zero-order chi connectivity index (χ0) is 14.0. The molecule has 7 heteroatoms. The van der Waals surface area contributed by atoms with E-state index in [9.17, 15) is 12.8 Å². The Kier molecular flexibility index (Phi) is 4.27. The molecular formula is C12H8Br2FNO2S. The molecule has 0 radical (unpaired) electrons. The van der Waals surface area contributed by atoms with Crippen molar-refractivity contribution in [1.29, 1.82) is 0 Å². The van der Waals surface area contributed by atoms with Gasteiger partial charge < -0.3 is 0 Å². The Morgan fingerprint density at radius 3 is 2.42 bits per heavy atom. The van der Waals surface area contributed by atoms with Crippen molar-refractivity contribution in [1.82, 2.24) is 0 Å². The molecule has 2 aromatic carbocycles. The van der Waals surface area contributed by atoms with Crippen molar-refractivity contribution in [2.75, 3.05) is 4.72 Å². The predicted molar refractivity (Wildman–Crippen MR) is 79.1 cm³/mol. The molecule has 0 saturated carbocycles. The summed E-state index contributed by atoms with van der Waals surface area (Å²) in [6, 6.07) is 10.0. The molecule has 0 fully saturated rings. The topological polar surface area (TPSA) is 46.2 Å². The SMILES string of the molecule is O=S(=O)(Nc1ccc(F)cc1Br)c1cccc(Br)c1. The summed E-state index contributed by atoms with van der Waals surface area (Å²) in [7, 11) is -3.70. The van der Waals surface area contributed by atoms with E-state index in [1.54, 1.807) is 12.1 Å². The highest BCUT2D eigenvalue weighted by Gasteiger charge is 2.16. The molecule has 2 aromatic rings. The lowest BCUT2D eigenvalue weighted by atomic mass is 10.3. The largest absolute Gasteiger partial charge is 0.278 e. The number of hydrogen-bond donors (Lipinski definition) is 1. The number of rotatable bonds is 3. The van der Waals surface area contributed by atoms with Gasteiger partial charge in [0.2, 0.25) is 0 Å². The van der Waals surface area contributed by atoms with E-state index in [1.807, 2.05) is 0 Å². The number of hydrogen-bond acceptors (Lipinski definition) is 2. The first-order valence-electron chi connectivity index (χ1n) is 5.12. The van der Waals surface area contributed by atoms with E-state index in [1.165, 1.54) is 30.3 Å². The van der Waals surface area contributed by atoms with Crippen LogP contribution in [0.5, 0.6) is 0 Å². The molecule has 0 amide bonds. The minimum atomic E-state index is -3.70. The summed E-state index contributed by atoms with van der Waals surface area (Å²) in [4.78, 5) is 0.123. The van der Waals surface area contributed by atoms with E-state index >= 15 is 0 Å². The standard InChI is InChI=1S/C12H8Br2FNO2S/c13-8-2-1-3-10(6-8)19(17,18)16-12-5-4-9(15)7-11(12)14/h1-7,16H. The van der Waals surface area contributed by atoms with Crippen LogP contribution in [-0.2, 0) is 10.0 Å². The molecule has 0 spiro atoms. The fourth-order valence-corrected chi connectivity index (χ4v) is 3.67. The third-order valence-corrected chi connectivity index (χ3v) is 4.79. The van der Waals surface area contributed by atoms with Crippen molar-refractivity contribution in [3.8, 4) is 0 Å². The number of nitrogens with one attached hydrogen (secondary N) is 1. The molecule has 0 bridgehead atoms. The molecule has 3 nitrogen and oxygen atoms in total. The molecule has 2 rings (SSSR count). The second kappa shape index (κ2) is 5.60. The number of sulfonamides is 1. The van der Waals surface area contributed by atoms with Crippen molar-refractivity contribution in [2.45, 2.75) is 4.90 Å². The maximum Gasteiger partial charge on any atom is 0.261 e.